The van der Waals surface area contributed by atoms with Crippen LogP contribution >= 0.6 is 24.0 Å². The van der Waals surface area contributed by atoms with Gasteiger partial charge in [0.05, 0.1) is 41.1 Å². The van der Waals surface area contributed by atoms with Crippen LogP contribution in [0, 0.1) is 13.8 Å². The number of likely N-dealkylation sites (N-methyl/N-ethyl adjacent to an activating group) is 2. The van der Waals surface area contributed by atoms with Crippen molar-refractivity contribution in [3.63, 3.8) is 0 Å². The highest BCUT2D eigenvalue weighted by molar-refractivity contribution is 8.26. The molecule has 3 fully saturated rings. The van der Waals surface area contributed by atoms with Crippen LogP contribution in [0.2, 0.25) is 0 Å². The number of benzene rings is 2. The molecule has 2 aromatic carbocycles. The normalized spacial score (nSPS) is 18.0. The zero-order chi connectivity index (χ0) is 36.6. The Morgan fingerprint density at radius 2 is 1.23 bits per heavy atom. The minimum atomic E-state index is -0.141. The molecule has 4 aromatic rings. The molecule has 3 aliphatic heterocycles. The summed E-state index contributed by atoms with van der Waals surface area (Å²) < 4.78 is 0.497. The molecule has 11 nitrogen and oxygen atoms in total. The first-order valence-electron chi connectivity index (χ1n) is 17.6. The van der Waals surface area contributed by atoms with Crippen molar-refractivity contribution in [1.82, 2.24) is 35.1 Å². The number of amides is 1. The SMILES string of the molecule is Cc1ccc(-c2cncc(N3CCCN(C)CC3)n2)cc1/C=C1\SC(=S)NC1=O.Cc1ccc(-c2cncc(N3CCCN(C)CC3)n2)cc1C=O. The van der Waals surface area contributed by atoms with Gasteiger partial charge in [0.1, 0.15) is 22.2 Å². The van der Waals surface area contributed by atoms with Crippen molar-refractivity contribution in [1.29, 1.82) is 0 Å². The molecule has 7 rings (SSSR count). The summed E-state index contributed by atoms with van der Waals surface area (Å²) in [6.45, 7) is 12.1. The second-order valence-electron chi connectivity index (χ2n) is 13.4. The van der Waals surface area contributed by atoms with Crippen LogP contribution in [0.4, 0.5) is 11.6 Å². The van der Waals surface area contributed by atoms with Gasteiger partial charge < -0.3 is 24.9 Å². The standard InChI is InChI=1S/C21H23N5OS2.C18H22N4O/c1-14-4-5-15(10-16(14)11-18-20(27)24-21(28)29-18)17-12-22-13-19(23-17)26-7-3-6-25(2)8-9-26;1-14-4-5-15(10-16(14)13-23)17-11-19-12-18(20-17)22-7-3-6-21(2)8-9-22/h4-5,10-13H,3,6-9H2,1-2H3,(H,24,27,28);4-5,10-13H,3,6-9H2,1-2H3/b18-11-;. The van der Waals surface area contributed by atoms with Crippen LogP contribution in [0.25, 0.3) is 28.6 Å². The molecule has 5 heterocycles. The van der Waals surface area contributed by atoms with Crippen molar-refractivity contribution in [2.24, 2.45) is 0 Å². The van der Waals surface area contributed by atoms with E-state index in [2.05, 4.69) is 55.0 Å². The third-order valence-electron chi connectivity index (χ3n) is 9.54. The van der Waals surface area contributed by atoms with Crippen molar-refractivity contribution in [3.8, 4) is 22.5 Å². The Hall–Kier alpha value is -4.56. The third-order valence-corrected chi connectivity index (χ3v) is 10.7. The number of anilines is 2. The predicted molar refractivity (Wildman–Crippen MR) is 215 cm³/mol. The molecule has 0 aliphatic carbocycles. The molecule has 0 radical (unpaired) electrons. The van der Waals surface area contributed by atoms with Crippen LogP contribution in [0.3, 0.4) is 0 Å². The highest BCUT2D eigenvalue weighted by atomic mass is 32.2. The second kappa shape index (κ2) is 17.3. The zero-order valence-electron chi connectivity index (χ0n) is 30.2. The minimum Gasteiger partial charge on any atom is -0.354 e. The van der Waals surface area contributed by atoms with E-state index in [1.165, 1.54) is 11.8 Å². The average molecular weight is 736 g/mol. The quantitative estimate of drug-likeness (QED) is 0.154. The summed E-state index contributed by atoms with van der Waals surface area (Å²) in [4.78, 5) is 51.5. The Morgan fingerprint density at radius 1 is 0.712 bits per heavy atom. The number of nitrogens with one attached hydrogen (secondary N) is 1. The van der Waals surface area contributed by atoms with Gasteiger partial charge in [-0.2, -0.15) is 0 Å². The molecule has 1 amide bonds. The molecule has 2 aromatic heterocycles. The number of thiocarbonyl (C=S) groups is 1. The van der Waals surface area contributed by atoms with E-state index < -0.39 is 0 Å². The highest BCUT2D eigenvalue weighted by Gasteiger charge is 2.22. The fourth-order valence-electron chi connectivity index (χ4n) is 6.29. The maximum Gasteiger partial charge on any atom is 0.263 e. The molecule has 0 bridgehead atoms. The first kappa shape index (κ1) is 37.2. The number of aromatic nitrogens is 4. The van der Waals surface area contributed by atoms with Gasteiger partial charge in [-0.05, 0) is 88.8 Å². The summed E-state index contributed by atoms with van der Waals surface area (Å²) in [6.07, 6.45) is 12.2. The number of aryl methyl sites for hydroxylation is 2. The fraction of sp³-hybridized carbons (Fsp3) is 0.359. The number of nitrogens with zero attached hydrogens (tertiary/aromatic N) is 8. The molecular formula is C39H45N9O2S2. The lowest BCUT2D eigenvalue weighted by atomic mass is 10.0. The fourth-order valence-corrected chi connectivity index (χ4v) is 7.32. The summed E-state index contributed by atoms with van der Waals surface area (Å²) in [5.74, 6) is 1.68. The van der Waals surface area contributed by atoms with Crippen LogP contribution in [-0.4, -0.2) is 113 Å². The van der Waals surface area contributed by atoms with Crippen molar-refractivity contribution < 1.29 is 9.59 Å². The Bertz CT molecular complexity index is 1970. The topological polar surface area (TPSA) is 111 Å². The van der Waals surface area contributed by atoms with Gasteiger partial charge >= 0.3 is 0 Å². The summed E-state index contributed by atoms with van der Waals surface area (Å²) in [6, 6.07) is 12.0. The van der Waals surface area contributed by atoms with E-state index in [0.717, 1.165) is 122 Å². The number of carbonyl (C=O) groups is 2. The lowest BCUT2D eigenvalue weighted by Crippen LogP contribution is -2.29. The molecule has 13 heteroatoms. The summed E-state index contributed by atoms with van der Waals surface area (Å²) in [5, 5.41) is 2.66. The first-order chi connectivity index (χ1) is 25.2. The van der Waals surface area contributed by atoms with Gasteiger partial charge in [0.25, 0.3) is 5.91 Å². The smallest absolute Gasteiger partial charge is 0.263 e. The molecular weight excluding hydrogens is 691 g/mol. The molecule has 270 valence electrons. The van der Waals surface area contributed by atoms with Gasteiger partial charge in [-0.25, -0.2) is 9.97 Å². The Morgan fingerprint density at radius 3 is 1.73 bits per heavy atom. The van der Waals surface area contributed by atoms with E-state index in [9.17, 15) is 9.59 Å². The van der Waals surface area contributed by atoms with Crippen LogP contribution in [-0.2, 0) is 4.79 Å². The van der Waals surface area contributed by atoms with Crippen LogP contribution in [0.5, 0.6) is 0 Å². The molecule has 3 aliphatic rings. The maximum atomic E-state index is 12.0. The third kappa shape index (κ3) is 9.45. The zero-order valence-corrected chi connectivity index (χ0v) is 31.8. The Labute approximate surface area is 315 Å². The van der Waals surface area contributed by atoms with E-state index in [0.29, 0.717) is 14.8 Å². The van der Waals surface area contributed by atoms with E-state index in [1.54, 1.807) is 12.4 Å². The van der Waals surface area contributed by atoms with E-state index in [-0.39, 0.29) is 5.91 Å². The summed E-state index contributed by atoms with van der Waals surface area (Å²) >= 11 is 6.38. The van der Waals surface area contributed by atoms with Gasteiger partial charge in [-0.1, -0.05) is 48.2 Å². The molecule has 0 unspecified atom stereocenters. The molecule has 0 atom stereocenters. The van der Waals surface area contributed by atoms with Crippen LogP contribution in [0.1, 0.15) is 39.9 Å². The van der Waals surface area contributed by atoms with E-state index >= 15 is 0 Å². The van der Waals surface area contributed by atoms with Crippen molar-refractivity contribution in [3.05, 3.63) is 88.3 Å². The van der Waals surface area contributed by atoms with Gasteiger partial charge in [0, 0.05) is 56.0 Å². The summed E-state index contributed by atoms with van der Waals surface area (Å²) in [7, 11) is 4.31. The molecule has 1 N–H and O–H groups in total. The lowest BCUT2D eigenvalue weighted by Gasteiger charge is -2.21. The largest absolute Gasteiger partial charge is 0.354 e. The van der Waals surface area contributed by atoms with Gasteiger partial charge in [-0.15, -0.1) is 0 Å². The number of aldehydes is 1. The van der Waals surface area contributed by atoms with E-state index in [1.807, 2.05) is 62.6 Å². The molecule has 0 spiro atoms. The maximum absolute atomic E-state index is 12.0. The lowest BCUT2D eigenvalue weighted by molar-refractivity contribution is -0.115. The van der Waals surface area contributed by atoms with Crippen molar-refractivity contribution >= 4 is 58.2 Å². The molecule has 0 saturated carbocycles. The second-order valence-corrected chi connectivity index (χ2v) is 15.1. The molecule has 3 saturated heterocycles. The Balaban J connectivity index is 0.000000183. The Kier molecular flexibility index (Phi) is 12.4. The first-order valence-corrected chi connectivity index (χ1v) is 18.8. The summed E-state index contributed by atoms with van der Waals surface area (Å²) in [5.41, 5.74) is 7.30. The highest BCUT2D eigenvalue weighted by Crippen LogP contribution is 2.29. The number of carbonyl (C=O) groups excluding carboxylic acids is 2. The number of rotatable bonds is 6. The predicted octanol–water partition coefficient (Wildman–Crippen LogP) is 5.49. The average Bonchev–Trinajstić information content (AvgIpc) is 3.30. The van der Waals surface area contributed by atoms with Crippen LogP contribution in [0.15, 0.2) is 66.1 Å². The minimum absolute atomic E-state index is 0.141. The van der Waals surface area contributed by atoms with Crippen LogP contribution < -0.4 is 15.1 Å². The molecule has 52 heavy (non-hydrogen) atoms. The number of thioether (sulfide) groups is 1. The van der Waals surface area contributed by atoms with Gasteiger partial charge in [-0.3, -0.25) is 19.6 Å². The van der Waals surface area contributed by atoms with Crippen molar-refractivity contribution in [2.45, 2.75) is 26.7 Å². The monoisotopic (exact) mass is 735 g/mol. The number of hydrogen-bond acceptors (Lipinski definition) is 12. The van der Waals surface area contributed by atoms with Crippen molar-refractivity contribution in [2.75, 3.05) is 76.3 Å². The van der Waals surface area contributed by atoms with Gasteiger partial charge in [0.15, 0.2) is 0 Å². The number of hydrogen-bond donors (Lipinski definition) is 1. The van der Waals surface area contributed by atoms with Gasteiger partial charge in [0.2, 0.25) is 0 Å². The van der Waals surface area contributed by atoms with E-state index in [4.69, 9.17) is 22.2 Å².